The van der Waals surface area contributed by atoms with Gasteiger partial charge in [0, 0.05) is 18.6 Å². The van der Waals surface area contributed by atoms with Crippen molar-refractivity contribution < 1.29 is 8.42 Å². The van der Waals surface area contributed by atoms with Gasteiger partial charge >= 0.3 is 0 Å². The van der Waals surface area contributed by atoms with E-state index < -0.39 is 10.0 Å². The molecular weight excluding hydrogens is 260 g/mol. The van der Waals surface area contributed by atoms with E-state index in [0.717, 1.165) is 19.3 Å². The van der Waals surface area contributed by atoms with Crippen LogP contribution in [0.15, 0.2) is 29.2 Å². The highest BCUT2D eigenvalue weighted by molar-refractivity contribution is 7.89. The zero-order valence-corrected chi connectivity index (χ0v) is 12.4. The lowest BCUT2D eigenvalue weighted by Gasteiger charge is -2.38. The second-order valence-corrected chi connectivity index (χ2v) is 7.09. The van der Waals surface area contributed by atoms with Crippen LogP contribution in [0.2, 0.25) is 0 Å². The summed E-state index contributed by atoms with van der Waals surface area (Å²) in [4.78, 5) is 0.359. The average Bonchev–Trinajstić information content (AvgIpc) is 2.38. The molecule has 0 aliphatic carbocycles. The zero-order chi connectivity index (χ0) is 14.0. The number of hydrogen-bond acceptors (Lipinski definition) is 3. The van der Waals surface area contributed by atoms with E-state index in [1.165, 1.54) is 0 Å². The van der Waals surface area contributed by atoms with Crippen molar-refractivity contribution in [1.29, 1.82) is 0 Å². The van der Waals surface area contributed by atoms with Gasteiger partial charge in [0.05, 0.1) is 4.90 Å². The number of sulfonamides is 1. The minimum atomic E-state index is -3.45. The molecule has 0 bridgehead atoms. The third kappa shape index (κ3) is 2.68. The Balaban J connectivity index is 2.46. The van der Waals surface area contributed by atoms with Crippen LogP contribution in [0.1, 0.15) is 38.7 Å². The molecule has 2 N–H and O–H groups in total. The maximum absolute atomic E-state index is 12.9. The summed E-state index contributed by atoms with van der Waals surface area (Å²) in [6.07, 6.45) is 2.94. The maximum Gasteiger partial charge on any atom is 0.243 e. The first-order chi connectivity index (χ1) is 8.98. The minimum absolute atomic E-state index is 0.0552. The molecule has 0 amide bonds. The standard InChI is InChI=1S/C14H22N2O2S/c1-11-6-5-7-12(2)16(11)19(17,18)14-9-4-3-8-13(14)10-15/h3-4,8-9,11-12H,5-7,10,15H2,1-2H3. The summed E-state index contributed by atoms with van der Waals surface area (Å²) in [5.41, 5.74) is 6.35. The number of nitrogens with zero attached hydrogens (tertiary/aromatic N) is 1. The third-order valence-electron chi connectivity index (χ3n) is 3.86. The Morgan fingerprint density at radius 3 is 2.37 bits per heavy atom. The largest absolute Gasteiger partial charge is 0.326 e. The lowest BCUT2D eigenvalue weighted by Crippen LogP contribution is -2.47. The van der Waals surface area contributed by atoms with Crippen molar-refractivity contribution in [3.8, 4) is 0 Å². The quantitative estimate of drug-likeness (QED) is 0.923. The lowest BCUT2D eigenvalue weighted by molar-refractivity contribution is 0.204. The maximum atomic E-state index is 12.9. The first-order valence-electron chi connectivity index (χ1n) is 6.80. The molecule has 0 saturated carbocycles. The molecule has 4 nitrogen and oxygen atoms in total. The number of benzene rings is 1. The summed E-state index contributed by atoms with van der Waals surface area (Å²) < 4.78 is 27.4. The van der Waals surface area contributed by atoms with E-state index in [1.54, 1.807) is 22.5 Å². The molecule has 0 radical (unpaired) electrons. The molecule has 0 aromatic heterocycles. The number of rotatable bonds is 3. The van der Waals surface area contributed by atoms with E-state index in [1.807, 2.05) is 19.9 Å². The van der Waals surface area contributed by atoms with Crippen molar-refractivity contribution in [3.63, 3.8) is 0 Å². The van der Waals surface area contributed by atoms with Gasteiger partial charge in [-0.2, -0.15) is 4.31 Å². The molecule has 2 atom stereocenters. The second kappa shape index (κ2) is 5.61. The van der Waals surface area contributed by atoms with Crippen LogP contribution in [0.5, 0.6) is 0 Å². The van der Waals surface area contributed by atoms with Crippen LogP contribution in [0.3, 0.4) is 0 Å². The van der Waals surface area contributed by atoms with E-state index in [0.29, 0.717) is 10.5 Å². The average molecular weight is 282 g/mol. The molecule has 0 spiro atoms. The molecule has 1 saturated heterocycles. The summed E-state index contributed by atoms with van der Waals surface area (Å²) >= 11 is 0. The highest BCUT2D eigenvalue weighted by Gasteiger charge is 2.36. The highest BCUT2D eigenvalue weighted by atomic mass is 32.2. The summed E-state index contributed by atoms with van der Waals surface area (Å²) in [5.74, 6) is 0. The monoisotopic (exact) mass is 282 g/mol. The molecule has 1 fully saturated rings. The molecule has 5 heteroatoms. The third-order valence-corrected chi connectivity index (χ3v) is 6.09. The van der Waals surface area contributed by atoms with Gasteiger partial charge in [0.2, 0.25) is 10.0 Å². The van der Waals surface area contributed by atoms with Gasteiger partial charge in [0.15, 0.2) is 0 Å². The van der Waals surface area contributed by atoms with E-state index in [-0.39, 0.29) is 18.6 Å². The van der Waals surface area contributed by atoms with Crippen LogP contribution in [-0.2, 0) is 16.6 Å². The van der Waals surface area contributed by atoms with Gasteiger partial charge in [-0.25, -0.2) is 8.42 Å². The Hall–Kier alpha value is -0.910. The molecule has 2 unspecified atom stereocenters. The molecule has 1 aromatic rings. The fraction of sp³-hybridized carbons (Fsp3) is 0.571. The van der Waals surface area contributed by atoms with Gasteiger partial charge in [0.1, 0.15) is 0 Å². The van der Waals surface area contributed by atoms with Crippen molar-refractivity contribution in [2.45, 2.75) is 56.6 Å². The van der Waals surface area contributed by atoms with Gasteiger partial charge in [0.25, 0.3) is 0 Å². The van der Waals surface area contributed by atoms with Gasteiger partial charge < -0.3 is 5.73 Å². The smallest absolute Gasteiger partial charge is 0.243 e. The molecule has 1 aromatic carbocycles. The van der Waals surface area contributed by atoms with E-state index in [9.17, 15) is 8.42 Å². The predicted molar refractivity (Wildman–Crippen MR) is 76.1 cm³/mol. The van der Waals surface area contributed by atoms with Crippen molar-refractivity contribution in [2.75, 3.05) is 0 Å². The Kier molecular flexibility index (Phi) is 4.28. The molecule has 19 heavy (non-hydrogen) atoms. The fourth-order valence-electron chi connectivity index (χ4n) is 2.91. The Morgan fingerprint density at radius 2 is 1.79 bits per heavy atom. The Morgan fingerprint density at radius 1 is 1.21 bits per heavy atom. The molecule has 106 valence electrons. The first kappa shape index (κ1) is 14.5. The SMILES string of the molecule is CC1CCCC(C)N1S(=O)(=O)c1ccccc1CN. The molecule has 1 aliphatic heterocycles. The second-order valence-electron chi connectivity index (χ2n) is 5.28. The van der Waals surface area contributed by atoms with Crippen LogP contribution >= 0.6 is 0 Å². The summed E-state index contributed by atoms with van der Waals surface area (Å²) in [5, 5.41) is 0. The molecule has 2 rings (SSSR count). The zero-order valence-electron chi connectivity index (χ0n) is 11.5. The van der Waals surface area contributed by atoms with Gasteiger partial charge in [-0.15, -0.1) is 0 Å². The van der Waals surface area contributed by atoms with Crippen LogP contribution in [-0.4, -0.2) is 24.8 Å². The van der Waals surface area contributed by atoms with Gasteiger partial charge in [-0.3, -0.25) is 0 Å². The summed E-state index contributed by atoms with van der Waals surface area (Å²) in [7, 11) is -3.45. The minimum Gasteiger partial charge on any atom is -0.326 e. The lowest BCUT2D eigenvalue weighted by atomic mass is 10.0. The summed E-state index contributed by atoms with van der Waals surface area (Å²) in [6, 6.07) is 7.13. The van der Waals surface area contributed by atoms with Gasteiger partial charge in [-0.05, 0) is 38.3 Å². The van der Waals surface area contributed by atoms with E-state index >= 15 is 0 Å². The van der Waals surface area contributed by atoms with Crippen LogP contribution in [0.25, 0.3) is 0 Å². The van der Waals surface area contributed by atoms with E-state index in [4.69, 9.17) is 5.73 Å². The number of piperidine rings is 1. The first-order valence-corrected chi connectivity index (χ1v) is 8.24. The number of hydrogen-bond donors (Lipinski definition) is 1. The van der Waals surface area contributed by atoms with Crippen LogP contribution < -0.4 is 5.73 Å². The fourth-order valence-corrected chi connectivity index (χ4v) is 5.03. The van der Waals surface area contributed by atoms with Crippen molar-refractivity contribution in [2.24, 2.45) is 5.73 Å². The van der Waals surface area contributed by atoms with Crippen LogP contribution in [0, 0.1) is 0 Å². The topological polar surface area (TPSA) is 63.4 Å². The van der Waals surface area contributed by atoms with Crippen molar-refractivity contribution in [1.82, 2.24) is 4.31 Å². The molecule has 1 heterocycles. The van der Waals surface area contributed by atoms with Crippen molar-refractivity contribution >= 4 is 10.0 Å². The Bertz CT molecular complexity index is 532. The molecular formula is C14H22N2O2S. The Labute approximate surface area is 115 Å². The van der Waals surface area contributed by atoms with Gasteiger partial charge in [-0.1, -0.05) is 24.6 Å². The number of nitrogens with two attached hydrogens (primary N) is 1. The summed E-state index contributed by atoms with van der Waals surface area (Å²) in [6.45, 7) is 4.21. The van der Waals surface area contributed by atoms with Crippen molar-refractivity contribution in [3.05, 3.63) is 29.8 Å². The molecule has 1 aliphatic rings. The highest BCUT2D eigenvalue weighted by Crippen LogP contribution is 2.30. The normalized spacial score (nSPS) is 25.4. The predicted octanol–water partition coefficient (Wildman–Crippen LogP) is 2.10. The van der Waals surface area contributed by atoms with E-state index in [2.05, 4.69) is 0 Å². The van der Waals surface area contributed by atoms with Crippen LogP contribution in [0.4, 0.5) is 0 Å².